The molecule has 1 aliphatic rings. The van der Waals surface area contributed by atoms with E-state index in [9.17, 15) is 14.0 Å². The summed E-state index contributed by atoms with van der Waals surface area (Å²) in [4.78, 5) is 31.0. The van der Waals surface area contributed by atoms with Gasteiger partial charge in [-0.25, -0.2) is 14.6 Å². The lowest BCUT2D eigenvalue weighted by atomic mass is 10.0. The second-order valence-corrected chi connectivity index (χ2v) is 6.37. The number of halogens is 1. The van der Waals surface area contributed by atoms with Gasteiger partial charge in [-0.15, -0.1) is 0 Å². The number of ether oxygens (including phenoxy) is 1. The number of fused-ring (bicyclic) bond motifs is 2. The molecule has 2 aromatic heterocycles. The summed E-state index contributed by atoms with van der Waals surface area (Å²) in [5.74, 6) is 0.0949. The highest BCUT2D eigenvalue weighted by atomic mass is 19.1. The van der Waals surface area contributed by atoms with Crippen LogP contribution >= 0.6 is 0 Å². The topological polar surface area (TPSA) is 126 Å². The van der Waals surface area contributed by atoms with Gasteiger partial charge in [-0.1, -0.05) is 6.07 Å². The number of aryl methyl sites for hydroxylation is 1. The molecule has 3 aromatic rings. The first-order valence-electron chi connectivity index (χ1n) is 8.68. The second kappa shape index (κ2) is 7.18. The number of hydrazine groups is 1. The van der Waals surface area contributed by atoms with Crippen LogP contribution in [0.4, 0.5) is 15.1 Å². The van der Waals surface area contributed by atoms with Crippen LogP contribution in [0.25, 0.3) is 11.0 Å². The highest BCUT2D eigenvalue weighted by Crippen LogP contribution is 2.31. The van der Waals surface area contributed by atoms with Gasteiger partial charge in [0.1, 0.15) is 17.0 Å². The number of carbonyl (C=O) groups is 1. The maximum absolute atomic E-state index is 13.4. The molecule has 1 aromatic carbocycles. The predicted molar refractivity (Wildman–Crippen MR) is 98.3 cm³/mol. The number of benzene rings is 1. The van der Waals surface area contributed by atoms with E-state index in [0.717, 1.165) is 0 Å². The molecule has 146 valence electrons. The molecule has 0 fully saturated rings. The van der Waals surface area contributed by atoms with Gasteiger partial charge in [0.05, 0.1) is 18.8 Å². The van der Waals surface area contributed by atoms with Gasteiger partial charge in [-0.3, -0.25) is 19.9 Å². The number of carbonyl (C=O) groups excluding carboxylic acids is 1. The molecule has 28 heavy (non-hydrogen) atoms. The molecule has 4 N–H and O–H groups in total. The Kier molecular flexibility index (Phi) is 4.55. The Morgan fingerprint density at radius 3 is 3.14 bits per heavy atom. The number of hydrogen-bond donors (Lipinski definition) is 4. The SMILES string of the molecule is Cn1ncc2c(=O)[nH]c(NNC(=O)NC3CCCOc4cc(F)ccc43)nc21. The Labute approximate surface area is 158 Å². The number of amides is 2. The van der Waals surface area contributed by atoms with Gasteiger partial charge in [0.15, 0.2) is 5.65 Å². The van der Waals surface area contributed by atoms with Gasteiger partial charge in [-0.2, -0.15) is 10.1 Å². The fourth-order valence-electron chi connectivity index (χ4n) is 3.10. The van der Waals surface area contributed by atoms with Crippen molar-refractivity contribution >= 4 is 23.0 Å². The molecule has 0 bridgehead atoms. The Morgan fingerprint density at radius 1 is 1.43 bits per heavy atom. The zero-order chi connectivity index (χ0) is 19.7. The molecule has 1 unspecified atom stereocenters. The molecule has 0 saturated heterocycles. The normalized spacial score (nSPS) is 16.0. The Hall–Kier alpha value is -3.63. The summed E-state index contributed by atoms with van der Waals surface area (Å²) in [6.07, 6.45) is 2.77. The third kappa shape index (κ3) is 3.46. The van der Waals surface area contributed by atoms with Crippen LogP contribution in [0.2, 0.25) is 0 Å². The van der Waals surface area contributed by atoms with Crippen LogP contribution in [0.15, 0.2) is 29.2 Å². The maximum atomic E-state index is 13.4. The van der Waals surface area contributed by atoms with E-state index in [1.807, 2.05) is 0 Å². The van der Waals surface area contributed by atoms with Crippen molar-refractivity contribution in [3.05, 3.63) is 46.1 Å². The smallest absolute Gasteiger partial charge is 0.333 e. The lowest BCUT2D eigenvalue weighted by molar-refractivity contribution is 0.238. The minimum Gasteiger partial charge on any atom is -0.493 e. The van der Waals surface area contributed by atoms with Crippen LogP contribution in [0.3, 0.4) is 0 Å². The fraction of sp³-hybridized carbons (Fsp3) is 0.294. The summed E-state index contributed by atoms with van der Waals surface area (Å²) in [6, 6.07) is 3.37. The molecule has 1 aliphatic heterocycles. The minimum atomic E-state index is -0.532. The van der Waals surface area contributed by atoms with Gasteiger partial charge in [0.2, 0.25) is 5.95 Å². The van der Waals surface area contributed by atoms with Gasteiger partial charge in [-0.05, 0) is 18.9 Å². The standard InChI is InChI=1S/C17H18FN7O3/c1-25-14-11(8-19-25)15(26)22-16(21-14)23-24-17(27)20-12-3-2-6-28-13-7-9(18)4-5-10(12)13/h4-5,7-8,12H,2-3,6H2,1H3,(H2,20,24,27)(H2,21,22,23,26). The first-order chi connectivity index (χ1) is 13.5. The average molecular weight is 387 g/mol. The Balaban J connectivity index is 1.45. The van der Waals surface area contributed by atoms with Crippen molar-refractivity contribution < 1.29 is 13.9 Å². The summed E-state index contributed by atoms with van der Waals surface area (Å²) in [5, 5.41) is 7.13. The zero-order valence-corrected chi connectivity index (χ0v) is 15.0. The first kappa shape index (κ1) is 17.8. The van der Waals surface area contributed by atoms with Crippen molar-refractivity contribution in [2.75, 3.05) is 12.0 Å². The third-order valence-electron chi connectivity index (χ3n) is 4.45. The van der Waals surface area contributed by atoms with Crippen LogP contribution in [0, 0.1) is 5.82 Å². The van der Waals surface area contributed by atoms with Gasteiger partial charge < -0.3 is 10.1 Å². The molecule has 0 spiro atoms. The number of anilines is 1. The summed E-state index contributed by atoms with van der Waals surface area (Å²) in [7, 11) is 1.66. The Bertz CT molecular complexity index is 1090. The van der Waals surface area contributed by atoms with E-state index < -0.39 is 11.8 Å². The van der Waals surface area contributed by atoms with Crippen molar-refractivity contribution in [2.45, 2.75) is 18.9 Å². The second-order valence-electron chi connectivity index (χ2n) is 6.37. The van der Waals surface area contributed by atoms with E-state index in [0.29, 0.717) is 41.8 Å². The van der Waals surface area contributed by atoms with Gasteiger partial charge >= 0.3 is 6.03 Å². The quantitative estimate of drug-likeness (QED) is 0.503. The molecular formula is C17H18FN7O3. The number of urea groups is 1. The average Bonchev–Trinajstić information content (AvgIpc) is 2.93. The predicted octanol–water partition coefficient (Wildman–Crippen LogP) is 1.34. The van der Waals surface area contributed by atoms with Crippen LogP contribution in [0.1, 0.15) is 24.4 Å². The van der Waals surface area contributed by atoms with Gasteiger partial charge in [0, 0.05) is 18.7 Å². The number of aromatic amines is 1. The number of nitrogens with zero attached hydrogens (tertiary/aromatic N) is 3. The minimum absolute atomic E-state index is 0.0721. The van der Waals surface area contributed by atoms with E-state index in [1.165, 1.54) is 23.0 Å². The van der Waals surface area contributed by atoms with Crippen LogP contribution in [-0.2, 0) is 7.05 Å². The van der Waals surface area contributed by atoms with Crippen molar-refractivity contribution in [3.8, 4) is 5.75 Å². The first-order valence-corrected chi connectivity index (χ1v) is 8.68. The van der Waals surface area contributed by atoms with E-state index in [1.54, 1.807) is 13.1 Å². The van der Waals surface area contributed by atoms with E-state index in [4.69, 9.17) is 4.74 Å². The highest BCUT2D eigenvalue weighted by molar-refractivity contribution is 5.77. The number of nitrogens with one attached hydrogen (secondary N) is 4. The molecule has 0 aliphatic carbocycles. The van der Waals surface area contributed by atoms with Crippen LogP contribution in [-0.4, -0.2) is 32.4 Å². The molecular weight excluding hydrogens is 369 g/mol. The summed E-state index contributed by atoms with van der Waals surface area (Å²) < 4.78 is 20.4. The summed E-state index contributed by atoms with van der Waals surface area (Å²) in [5.41, 5.74) is 5.72. The van der Waals surface area contributed by atoms with E-state index in [2.05, 4.69) is 31.2 Å². The molecule has 3 heterocycles. The summed E-state index contributed by atoms with van der Waals surface area (Å²) >= 11 is 0. The lowest BCUT2D eigenvalue weighted by Crippen LogP contribution is -2.41. The van der Waals surface area contributed by atoms with Crippen molar-refractivity contribution in [3.63, 3.8) is 0 Å². The van der Waals surface area contributed by atoms with Gasteiger partial charge in [0.25, 0.3) is 5.56 Å². The van der Waals surface area contributed by atoms with E-state index >= 15 is 0 Å². The Morgan fingerprint density at radius 2 is 2.29 bits per heavy atom. The highest BCUT2D eigenvalue weighted by Gasteiger charge is 2.22. The van der Waals surface area contributed by atoms with Crippen LogP contribution in [0.5, 0.6) is 5.75 Å². The van der Waals surface area contributed by atoms with E-state index in [-0.39, 0.29) is 17.5 Å². The zero-order valence-electron chi connectivity index (χ0n) is 15.0. The molecule has 0 saturated carbocycles. The number of hydrogen-bond acceptors (Lipinski definition) is 6. The largest absolute Gasteiger partial charge is 0.493 e. The molecule has 10 nitrogen and oxygen atoms in total. The fourth-order valence-corrected chi connectivity index (χ4v) is 3.10. The van der Waals surface area contributed by atoms with Crippen LogP contribution < -0.4 is 26.5 Å². The maximum Gasteiger partial charge on any atom is 0.333 e. The molecule has 1 atom stereocenters. The van der Waals surface area contributed by atoms with Crippen molar-refractivity contribution in [1.29, 1.82) is 0 Å². The molecule has 2 amide bonds. The van der Waals surface area contributed by atoms with Crippen molar-refractivity contribution in [1.82, 2.24) is 30.5 Å². The summed E-state index contributed by atoms with van der Waals surface area (Å²) in [6.45, 7) is 0.449. The number of aromatic nitrogens is 4. The monoisotopic (exact) mass is 387 g/mol. The number of H-pyrrole nitrogens is 1. The van der Waals surface area contributed by atoms with Crippen molar-refractivity contribution in [2.24, 2.45) is 7.05 Å². The lowest BCUT2D eigenvalue weighted by Gasteiger charge is -2.19. The molecule has 11 heteroatoms. The molecule has 4 rings (SSSR count). The number of rotatable bonds is 3. The molecule has 0 radical (unpaired) electrons. The third-order valence-corrected chi connectivity index (χ3v) is 4.45.